The maximum absolute atomic E-state index is 6.04. The van der Waals surface area contributed by atoms with Crippen molar-refractivity contribution in [3.05, 3.63) is 47.5 Å². The molecule has 1 aromatic carbocycles. The largest absolute Gasteiger partial charge is 0.103 e. The summed E-state index contributed by atoms with van der Waals surface area (Å²) in [5, 5.41) is 0.861. The van der Waals surface area contributed by atoms with Gasteiger partial charge in [0.25, 0.3) is 0 Å². The Morgan fingerprint density at radius 3 is 1.96 bits per heavy atom. The van der Waals surface area contributed by atoms with Crippen LogP contribution in [0.2, 0.25) is 5.02 Å². The molecule has 0 bridgehead atoms. The smallest absolute Gasteiger partial charge is 0.0406 e. The normalized spacial score (nSPS) is 38.8. The summed E-state index contributed by atoms with van der Waals surface area (Å²) in [5.74, 6) is 5.65. The second-order valence-corrected chi connectivity index (χ2v) is 9.50. The minimum atomic E-state index is 0.771. The van der Waals surface area contributed by atoms with Crippen molar-refractivity contribution in [1.82, 2.24) is 0 Å². The van der Waals surface area contributed by atoms with E-state index in [0.717, 1.165) is 40.5 Å². The van der Waals surface area contributed by atoms with Gasteiger partial charge in [-0.3, -0.25) is 0 Å². The van der Waals surface area contributed by atoms with Crippen LogP contribution in [0.5, 0.6) is 0 Å². The zero-order valence-electron chi connectivity index (χ0n) is 15.5. The van der Waals surface area contributed by atoms with E-state index in [1.54, 1.807) is 0 Å². The van der Waals surface area contributed by atoms with Gasteiger partial charge in [-0.1, -0.05) is 29.8 Å². The maximum atomic E-state index is 6.04. The fourth-order valence-corrected chi connectivity index (χ4v) is 6.39. The van der Waals surface area contributed by atoms with E-state index in [4.69, 9.17) is 11.6 Å². The predicted molar refractivity (Wildman–Crippen MR) is 108 cm³/mol. The SMILES string of the molecule is C=CC1CCC2CC(C3CCC(c4ccc(Cl)cc4)CC3)CCC2C1. The molecule has 136 valence electrons. The average Bonchev–Trinajstić information content (AvgIpc) is 2.68. The van der Waals surface area contributed by atoms with Crippen molar-refractivity contribution in [3.63, 3.8) is 0 Å². The van der Waals surface area contributed by atoms with E-state index in [-0.39, 0.29) is 0 Å². The van der Waals surface area contributed by atoms with Crippen molar-refractivity contribution in [2.45, 2.75) is 70.1 Å². The van der Waals surface area contributed by atoms with Crippen LogP contribution in [0.25, 0.3) is 0 Å². The number of fused-ring (bicyclic) bond motifs is 1. The van der Waals surface area contributed by atoms with E-state index in [1.165, 1.54) is 69.8 Å². The molecule has 3 fully saturated rings. The van der Waals surface area contributed by atoms with Crippen LogP contribution in [0.15, 0.2) is 36.9 Å². The van der Waals surface area contributed by atoms with E-state index in [9.17, 15) is 0 Å². The fraction of sp³-hybridized carbons (Fsp3) is 0.667. The second-order valence-electron chi connectivity index (χ2n) is 9.07. The molecule has 3 aliphatic rings. The Bertz CT molecular complexity index is 566. The fourth-order valence-electron chi connectivity index (χ4n) is 6.26. The molecule has 4 rings (SSSR count). The first-order chi connectivity index (χ1) is 12.2. The highest BCUT2D eigenvalue weighted by Crippen LogP contribution is 2.50. The number of hydrogen-bond donors (Lipinski definition) is 0. The number of benzene rings is 1. The molecule has 25 heavy (non-hydrogen) atoms. The van der Waals surface area contributed by atoms with Gasteiger partial charge in [0.15, 0.2) is 0 Å². The summed E-state index contributed by atoms with van der Waals surface area (Å²) in [5.41, 5.74) is 1.51. The molecule has 1 aromatic rings. The van der Waals surface area contributed by atoms with Crippen LogP contribution in [-0.4, -0.2) is 0 Å². The molecule has 0 spiro atoms. The first-order valence-corrected chi connectivity index (χ1v) is 11.0. The maximum Gasteiger partial charge on any atom is 0.0406 e. The molecule has 0 heterocycles. The van der Waals surface area contributed by atoms with Gasteiger partial charge in [0.1, 0.15) is 0 Å². The molecular formula is C24H33Cl. The van der Waals surface area contributed by atoms with Gasteiger partial charge in [-0.05, 0) is 117 Å². The van der Waals surface area contributed by atoms with Crippen LogP contribution in [0.3, 0.4) is 0 Å². The Kier molecular flexibility index (Phi) is 5.56. The highest BCUT2D eigenvalue weighted by atomic mass is 35.5. The molecule has 0 amide bonds. The van der Waals surface area contributed by atoms with Gasteiger partial charge in [-0.25, -0.2) is 0 Å². The monoisotopic (exact) mass is 356 g/mol. The van der Waals surface area contributed by atoms with Crippen molar-refractivity contribution >= 4 is 11.6 Å². The van der Waals surface area contributed by atoms with Gasteiger partial charge in [-0.15, -0.1) is 6.58 Å². The molecule has 0 aromatic heterocycles. The topological polar surface area (TPSA) is 0 Å². The van der Waals surface area contributed by atoms with Crippen molar-refractivity contribution in [3.8, 4) is 0 Å². The summed E-state index contributed by atoms with van der Waals surface area (Å²) in [6, 6.07) is 8.61. The van der Waals surface area contributed by atoms with Crippen LogP contribution in [0, 0.1) is 29.6 Å². The summed E-state index contributed by atoms with van der Waals surface area (Å²) in [4.78, 5) is 0. The second kappa shape index (κ2) is 7.87. The Morgan fingerprint density at radius 2 is 1.28 bits per heavy atom. The van der Waals surface area contributed by atoms with Crippen LogP contribution in [-0.2, 0) is 0 Å². The van der Waals surface area contributed by atoms with Gasteiger partial charge >= 0.3 is 0 Å². The third-order valence-corrected chi connectivity index (χ3v) is 8.06. The summed E-state index contributed by atoms with van der Waals surface area (Å²) < 4.78 is 0. The molecule has 0 saturated heterocycles. The van der Waals surface area contributed by atoms with Gasteiger partial charge in [0, 0.05) is 5.02 Å². The van der Waals surface area contributed by atoms with Gasteiger partial charge in [0.2, 0.25) is 0 Å². The minimum Gasteiger partial charge on any atom is -0.103 e. The summed E-state index contributed by atoms with van der Waals surface area (Å²) in [7, 11) is 0. The van der Waals surface area contributed by atoms with Crippen molar-refractivity contribution in [1.29, 1.82) is 0 Å². The highest BCUT2D eigenvalue weighted by Gasteiger charge is 2.38. The zero-order chi connectivity index (χ0) is 17.2. The highest BCUT2D eigenvalue weighted by molar-refractivity contribution is 6.30. The third-order valence-electron chi connectivity index (χ3n) is 7.81. The molecule has 3 aliphatic carbocycles. The Hall–Kier alpha value is -0.750. The minimum absolute atomic E-state index is 0.771. The third kappa shape index (κ3) is 4.00. The number of hydrogen-bond acceptors (Lipinski definition) is 0. The molecular weight excluding hydrogens is 324 g/mol. The van der Waals surface area contributed by atoms with Crippen molar-refractivity contribution in [2.75, 3.05) is 0 Å². The van der Waals surface area contributed by atoms with Gasteiger partial charge in [0.05, 0.1) is 0 Å². The summed E-state index contributed by atoms with van der Waals surface area (Å²) in [6.07, 6.45) is 16.7. The number of rotatable bonds is 3. The number of allylic oxidation sites excluding steroid dienone is 1. The molecule has 3 saturated carbocycles. The lowest BCUT2D eigenvalue weighted by Gasteiger charge is -2.45. The van der Waals surface area contributed by atoms with E-state index in [2.05, 4.69) is 36.9 Å². The van der Waals surface area contributed by atoms with E-state index in [0.29, 0.717) is 0 Å². The van der Waals surface area contributed by atoms with E-state index >= 15 is 0 Å². The summed E-state index contributed by atoms with van der Waals surface area (Å²) in [6.45, 7) is 4.04. The first-order valence-electron chi connectivity index (χ1n) is 10.6. The molecule has 0 aliphatic heterocycles. The van der Waals surface area contributed by atoms with Crippen LogP contribution >= 0.6 is 11.6 Å². The van der Waals surface area contributed by atoms with Crippen LogP contribution < -0.4 is 0 Å². The standard InChI is InChI=1S/C24H33Cl/c1-2-17-3-4-23-16-22(10-9-21(23)15-17)20-7-5-18(6-8-20)19-11-13-24(25)14-12-19/h2,11-14,17-18,20-23H,1,3-10,15-16H2. The molecule has 0 radical (unpaired) electrons. The van der Waals surface area contributed by atoms with Gasteiger partial charge < -0.3 is 0 Å². The summed E-state index contributed by atoms with van der Waals surface area (Å²) >= 11 is 6.04. The Balaban J connectivity index is 1.30. The molecule has 4 unspecified atom stereocenters. The van der Waals surface area contributed by atoms with E-state index in [1.807, 2.05) is 0 Å². The van der Waals surface area contributed by atoms with Crippen LogP contribution in [0.1, 0.15) is 75.7 Å². The Labute approximate surface area is 159 Å². The van der Waals surface area contributed by atoms with Gasteiger partial charge in [-0.2, -0.15) is 0 Å². The lowest BCUT2D eigenvalue weighted by atomic mass is 9.61. The lowest BCUT2D eigenvalue weighted by Crippen LogP contribution is -2.34. The number of halogens is 1. The Morgan fingerprint density at radius 1 is 0.720 bits per heavy atom. The molecule has 4 atom stereocenters. The molecule has 1 heteroatoms. The zero-order valence-corrected chi connectivity index (χ0v) is 16.3. The molecule has 0 nitrogen and oxygen atoms in total. The van der Waals surface area contributed by atoms with Crippen LogP contribution in [0.4, 0.5) is 0 Å². The van der Waals surface area contributed by atoms with Crippen molar-refractivity contribution < 1.29 is 0 Å². The lowest BCUT2D eigenvalue weighted by molar-refractivity contribution is 0.0719. The predicted octanol–water partition coefficient (Wildman–Crippen LogP) is 7.63. The van der Waals surface area contributed by atoms with Crippen molar-refractivity contribution in [2.24, 2.45) is 29.6 Å². The first kappa shape index (κ1) is 17.7. The molecule has 0 N–H and O–H groups in total. The quantitative estimate of drug-likeness (QED) is 0.488. The average molecular weight is 357 g/mol. The van der Waals surface area contributed by atoms with E-state index < -0.39 is 0 Å².